The lowest BCUT2D eigenvalue weighted by atomic mass is 9.98. The van der Waals surface area contributed by atoms with Crippen LogP contribution in [-0.2, 0) is 4.79 Å². The summed E-state index contributed by atoms with van der Waals surface area (Å²) in [5.41, 5.74) is 1.12. The van der Waals surface area contributed by atoms with Gasteiger partial charge in [0.05, 0.1) is 16.9 Å². The van der Waals surface area contributed by atoms with Crippen LogP contribution in [0.25, 0.3) is 0 Å². The van der Waals surface area contributed by atoms with Gasteiger partial charge in [0, 0.05) is 6.54 Å². The van der Waals surface area contributed by atoms with Crippen molar-refractivity contribution in [3.63, 3.8) is 0 Å². The fourth-order valence-electron chi connectivity index (χ4n) is 2.79. The van der Waals surface area contributed by atoms with E-state index < -0.39 is 5.97 Å². The van der Waals surface area contributed by atoms with Crippen LogP contribution in [-0.4, -0.2) is 34.6 Å². The molecule has 100 valence electrons. The standard InChI is InChI=1S/C13H15N3O3/c1-7-8(13(18)19)6-9-11(14-7)16-5-3-2-4-10(16)12(17)15-9/h6,10H,2-5H2,1H3,(H,15,17)(H,18,19)/t10-/m0/s1. The SMILES string of the molecule is Cc1nc2c(cc1C(=O)O)NC(=O)[C@@H]1CCCCN21. The molecule has 1 saturated heterocycles. The summed E-state index contributed by atoms with van der Waals surface area (Å²) in [6.07, 6.45) is 2.90. The highest BCUT2D eigenvalue weighted by atomic mass is 16.4. The van der Waals surface area contributed by atoms with Gasteiger partial charge in [-0.1, -0.05) is 0 Å². The van der Waals surface area contributed by atoms with Crippen molar-refractivity contribution in [3.8, 4) is 0 Å². The minimum absolute atomic E-state index is 0.0609. The Labute approximate surface area is 110 Å². The predicted molar refractivity (Wildman–Crippen MR) is 69.5 cm³/mol. The summed E-state index contributed by atoms with van der Waals surface area (Å²) in [5, 5.41) is 11.9. The van der Waals surface area contributed by atoms with Crippen LogP contribution in [0.5, 0.6) is 0 Å². The van der Waals surface area contributed by atoms with E-state index in [4.69, 9.17) is 5.11 Å². The number of nitrogens with zero attached hydrogens (tertiary/aromatic N) is 2. The Kier molecular flexibility index (Phi) is 2.66. The van der Waals surface area contributed by atoms with Gasteiger partial charge in [0.15, 0.2) is 5.82 Å². The van der Waals surface area contributed by atoms with Crippen LogP contribution in [0.2, 0.25) is 0 Å². The van der Waals surface area contributed by atoms with Gasteiger partial charge in [-0.05, 0) is 32.3 Å². The van der Waals surface area contributed by atoms with E-state index in [1.165, 1.54) is 6.07 Å². The predicted octanol–water partition coefficient (Wildman–Crippen LogP) is 1.40. The maximum absolute atomic E-state index is 12.0. The first-order chi connectivity index (χ1) is 9.08. The number of nitrogens with one attached hydrogen (secondary N) is 1. The van der Waals surface area contributed by atoms with Gasteiger partial charge in [-0.25, -0.2) is 9.78 Å². The lowest BCUT2D eigenvalue weighted by molar-refractivity contribution is -0.118. The Morgan fingerprint density at radius 1 is 1.53 bits per heavy atom. The third-order valence-electron chi connectivity index (χ3n) is 3.76. The second kappa shape index (κ2) is 4.22. The van der Waals surface area contributed by atoms with Crippen LogP contribution < -0.4 is 10.2 Å². The molecule has 0 unspecified atom stereocenters. The van der Waals surface area contributed by atoms with Gasteiger partial charge < -0.3 is 15.3 Å². The highest BCUT2D eigenvalue weighted by molar-refractivity contribution is 6.04. The first-order valence-electron chi connectivity index (χ1n) is 6.40. The summed E-state index contributed by atoms with van der Waals surface area (Å²) < 4.78 is 0. The van der Waals surface area contributed by atoms with E-state index in [1.54, 1.807) is 6.92 Å². The second-order valence-electron chi connectivity index (χ2n) is 4.99. The molecule has 1 aromatic heterocycles. The van der Waals surface area contributed by atoms with E-state index in [2.05, 4.69) is 10.3 Å². The number of amides is 1. The number of rotatable bonds is 1. The van der Waals surface area contributed by atoms with Crippen molar-refractivity contribution in [1.82, 2.24) is 4.98 Å². The van der Waals surface area contributed by atoms with Crippen molar-refractivity contribution in [2.75, 3.05) is 16.8 Å². The maximum atomic E-state index is 12.0. The first kappa shape index (κ1) is 12.0. The van der Waals surface area contributed by atoms with E-state index in [0.29, 0.717) is 17.2 Å². The van der Waals surface area contributed by atoms with E-state index in [9.17, 15) is 9.59 Å². The molecule has 2 aliphatic rings. The zero-order valence-corrected chi connectivity index (χ0v) is 10.6. The average Bonchev–Trinajstić information content (AvgIpc) is 2.39. The Hall–Kier alpha value is -2.11. The Morgan fingerprint density at radius 3 is 3.05 bits per heavy atom. The zero-order valence-electron chi connectivity index (χ0n) is 10.6. The van der Waals surface area contributed by atoms with E-state index in [-0.39, 0.29) is 17.5 Å². The summed E-state index contributed by atoms with van der Waals surface area (Å²) in [5.74, 6) is -0.385. The van der Waals surface area contributed by atoms with Crippen LogP contribution in [0.3, 0.4) is 0 Å². The number of aryl methyl sites for hydroxylation is 1. The number of piperidine rings is 1. The van der Waals surface area contributed by atoms with Crippen LogP contribution >= 0.6 is 0 Å². The van der Waals surface area contributed by atoms with Gasteiger partial charge in [-0.15, -0.1) is 0 Å². The number of aromatic nitrogens is 1. The fraction of sp³-hybridized carbons (Fsp3) is 0.462. The molecule has 1 amide bonds. The smallest absolute Gasteiger partial charge is 0.337 e. The highest BCUT2D eigenvalue weighted by Crippen LogP contribution is 2.35. The number of aromatic carboxylic acids is 1. The second-order valence-corrected chi connectivity index (χ2v) is 4.99. The molecule has 3 rings (SSSR count). The fourth-order valence-corrected chi connectivity index (χ4v) is 2.79. The molecule has 0 spiro atoms. The monoisotopic (exact) mass is 261 g/mol. The summed E-state index contributed by atoms with van der Waals surface area (Å²) in [6.45, 7) is 2.48. The van der Waals surface area contributed by atoms with Gasteiger partial charge in [0.2, 0.25) is 5.91 Å². The maximum Gasteiger partial charge on any atom is 0.337 e. The molecular weight excluding hydrogens is 246 g/mol. The molecular formula is C13H15N3O3. The number of pyridine rings is 1. The van der Waals surface area contributed by atoms with Crippen molar-refractivity contribution in [2.45, 2.75) is 32.2 Å². The van der Waals surface area contributed by atoms with Gasteiger partial charge in [0.25, 0.3) is 0 Å². The van der Waals surface area contributed by atoms with Crippen LogP contribution in [0.15, 0.2) is 6.07 Å². The molecule has 3 heterocycles. The molecule has 19 heavy (non-hydrogen) atoms. The Bertz CT molecular complexity index is 570. The number of hydrogen-bond acceptors (Lipinski definition) is 4. The topological polar surface area (TPSA) is 82.5 Å². The molecule has 0 aromatic carbocycles. The molecule has 1 aromatic rings. The van der Waals surface area contributed by atoms with Gasteiger partial charge in [-0.3, -0.25) is 4.79 Å². The summed E-state index contributed by atoms with van der Waals surface area (Å²) >= 11 is 0. The van der Waals surface area contributed by atoms with Crippen molar-refractivity contribution >= 4 is 23.4 Å². The van der Waals surface area contributed by atoms with Gasteiger partial charge in [0.1, 0.15) is 6.04 Å². The van der Waals surface area contributed by atoms with Crippen molar-refractivity contribution in [1.29, 1.82) is 0 Å². The molecule has 2 aliphatic heterocycles. The molecule has 1 fully saturated rings. The van der Waals surface area contributed by atoms with Gasteiger partial charge >= 0.3 is 5.97 Å². The number of carboxylic acid groups (broad SMARTS) is 1. The number of carboxylic acids is 1. The van der Waals surface area contributed by atoms with E-state index in [0.717, 1.165) is 25.8 Å². The molecule has 6 nitrogen and oxygen atoms in total. The average molecular weight is 261 g/mol. The number of anilines is 2. The summed E-state index contributed by atoms with van der Waals surface area (Å²) in [6, 6.07) is 1.34. The number of carbonyl (C=O) groups is 2. The van der Waals surface area contributed by atoms with Crippen LogP contribution in [0, 0.1) is 6.92 Å². The molecule has 0 saturated carbocycles. The Morgan fingerprint density at radius 2 is 2.32 bits per heavy atom. The molecule has 2 N–H and O–H groups in total. The molecule has 6 heteroatoms. The number of carbonyl (C=O) groups excluding carboxylic acids is 1. The summed E-state index contributed by atoms with van der Waals surface area (Å²) in [4.78, 5) is 29.5. The van der Waals surface area contributed by atoms with E-state index in [1.807, 2.05) is 4.90 Å². The lowest BCUT2D eigenvalue weighted by Gasteiger charge is -2.40. The molecule has 0 radical (unpaired) electrons. The highest BCUT2D eigenvalue weighted by Gasteiger charge is 2.36. The number of hydrogen-bond donors (Lipinski definition) is 2. The van der Waals surface area contributed by atoms with E-state index >= 15 is 0 Å². The third-order valence-corrected chi connectivity index (χ3v) is 3.76. The van der Waals surface area contributed by atoms with Gasteiger partial charge in [-0.2, -0.15) is 0 Å². The molecule has 1 atom stereocenters. The third kappa shape index (κ3) is 1.83. The molecule has 0 aliphatic carbocycles. The minimum atomic E-state index is -1.03. The quantitative estimate of drug-likeness (QED) is 0.798. The Balaban J connectivity index is 2.10. The van der Waals surface area contributed by atoms with Crippen molar-refractivity contribution in [2.24, 2.45) is 0 Å². The normalized spacial score (nSPS) is 21.4. The number of fused-ring (bicyclic) bond motifs is 3. The molecule has 0 bridgehead atoms. The minimum Gasteiger partial charge on any atom is -0.478 e. The lowest BCUT2D eigenvalue weighted by Crippen LogP contribution is -2.51. The zero-order chi connectivity index (χ0) is 13.6. The van der Waals surface area contributed by atoms with Crippen LogP contribution in [0.4, 0.5) is 11.5 Å². The summed E-state index contributed by atoms with van der Waals surface area (Å²) in [7, 11) is 0. The van der Waals surface area contributed by atoms with Crippen LogP contribution in [0.1, 0.15) is 35.3 Å². The van der Waals surface area contributed by atoms with Crippen molar-refractivity contribution in [3.05, 3.63) is 17.3 Å². The van der Waals surface area contributed by atoms with Crippen molar-refractivity contribution < 1.29 is 14.7 Å². The first-order valence-corrected chi connectivity index (χ1v) is 6.40. The largest absolute Gasteiger partial charge is 0.478 e.